The lowest BCUT2D eigenvalue weighted by molar-refractivity contribution is 0.612. The molecule has 23 heavy (non-hydrogen) atoms. The highest BCUT2D eigenvalue weighted by atomic mass is 79.9. The summed E-state index contributed by atoms with van der Waals surface area (Å²) in [6.45, 7) is 0. The van der Waals surface area contributed by atoms with Gasteiger partial charge in [0, 0.05) is 6.42 Å². The standard InChI is InChI=1S/C20H18BrFP/c21-23(18-10-3-1-4-11-18,19-12-5-2-6-13-19)16-15-17-9-7-8-14-20(17)22/h1-14H,15-16H2/q+1. The van der Waals surface area contributed by atoms with Gasteiger partial charge in [0.05, 0.1) is 6.16 Å². The van der Waals surface area contributed by atoms with Crippen molar-refractivity contribution in [2.24, 2.45) is 0 Å². The van der Waals surface area contributed by atoms with Gasteiger partial charge in [0.2, 0.25) is 0 Å². The Morgan fingerprint density at radius 2 is 1.17 bits per heavy atom. The molecule has 0 bridgehead atoms. The summed E-state index contributed by atoms with van der Waals surface area (Å²) in [7, 11) is 0. The van der Waals surface area contributed by atoms with E-state index in [9.17, 15) is 4.39 Å². The fourth-order valence-corrected chi connectivity index (χ4v) is 7.31. The number of hydrogen-bond donors (Lipinski definition) is 0. The van der Waals surface area contributed by atoms with Crippen molar-refractivity contribution in [2.75, 3.05) is 6.16 Å². The van der Waals surface area contributed by atoms with Crippen molar-refractivity contribution in [3.8, 4) is 0 Å². The third-order valence-electron chi connectivity index (χ3n) is 3.98. The van der Waals surface area contributed by atoms with Crippen LogP contribution < -0.4 is 10.6 Å². The Morgan fingerprint density at radius 1 is 0.696 bits per heavy atom. The summed E-state index contributed by atoms with van der Waals surface area (Å²) in [5.74, 6) is -1.83. The third kappa shape index (κ3) is 3.71. The zero-order chi connectivity index (χ0) is 16.1. The molecule has 0 saturated heterocycles. The number of rotatable bonds is 5. The lowest BCUT2D eigenvalue weighted by Crippen LogP contribution is -2.21. The van der Waals surface area contributed by atoms with Crippen molar-refractivity contribution in [3.63, 3.8) is 0 Å². The average Bonchev–Trinajstić information content (AvgIpc) is 2.62. The zero-order valence-corrected chi connectivity index (χ0v) is 15.2. The average molecular weight is 388 g/mol. The van der Waals surface area contributed by atoms with Crippen LogP contribution in [0.25, 0.3) is 0 Å². The number of halogens is 2. The minimum absolute atomic E-state index is 0.118. The third-order valence-corrected chi connectivity index (χ3v) is 10.6. The molecule has 0 aliphatic carbocycles. The lowest BCUT2D eigenvalue weighted by atomic mass is 10.2. The molecule has 0 N–H and O–H groups in total. The van der Waals surface area contributed by atoms with E-state index in [1.54, 1.807) is 6.07 Å². The second-order valence-electron chi connectivity index (χ2n) is 5.45. The van der Waals surface area contributed by atoms with Crippen LogP contribution >= 0.6 is 21.5 Å². The highest BCUT2D eigenvalue weighted by molar-refractivity contribution is 9.43. The van der Waals surface area contributed by atoms with Gasteiger partial charge < -0.3 is 0 Å². The van der Waals surface area contributed by atoms with Gasteiger partial charge in [0.15, 0.2) is 15.5 Å². The Bertz CT molecular complexity index is 719. The van der Waals surface area contributed by atoms with Crippen molar-refractivity contribution in [1.82, 2.24) is 0 Å². The van der Waals surface area contributed by atoms with Crippen LogP contribution in [0.2, 0.25) is 0 Å². The van der Waals surface area contributed by atoms with Gasteiger partial charge in [-0.2, -0.15) is 0 Å². The van der Waals surface area contributed by atoms with Crippen molar-refractivity contribution < 1.29 is 4.39 Å². The Balaban J connectivity index is 1.95. The minimum Gasteiger partial charge on any atom is -0.207 e. The maximum atomic E-state index is 14.0. The van der Waals surface area contributed by atoms with Crippen LogP contribution in [0, 0.1) is 5.82 Å². The molecule has 3 aromatic carbocycles. The Kier molecular flexibility index (Phi) is 5.25. The van der Waals surface area contributed by atoms with Gasteiger partial charge in [-0.15, -0.1) is 0 Å². The van der Waals surface area contributed by atoms with E-state index in [4.69, 9.17) is 0 Å². The molecule has 116 valence electrons. The summed E-state index contributed by atoms with van der Waals surface area (Å²) in [6, 6.07) is 28.0. The first-order valence-corrected chi connectivity index (χ1v) is 11.6. The lowest BCUT2D eigenvalue weighted by Gasteiger charge is -2.20. The summed E-state index contributed by atoms with van der Waals surface area (Å²) in [4.78, 5) is 0. The van der Waals surface area contributed by atoms with Crippen molar-refractivity contribution in [1.29, 1.82) is 0 Å². The van der Waals surface area contributed by atoms with Crippen LogP contribution in [0.15, 0.2) is 84.9 Å². The predicted molar refractivity (Wildman–Crippen MR) is 103 cm³/mol. The van der Waals surface area contributed by atoms with Crippen LogP contribution in [0.3, 0.4) is 0 Å². The van der Waals surface area contributed by atoms with Gasteiger partial charge in [-0.3, -0.25) is 0 Å². The highest BCUT2D eigenvalue weighted by Crippen LogP contribution is 2.64. The first-order chi connectivity index (χ1) is 11.2. The smallest absolute Gasteiger partial charge is 0.151 e. The molecular weight excluding hydrogens is 370 g/mol. The van der Waals surface area contributed by atoms with Crippen LogP contribution in [-0.2, 0) is 6.42 Å². The summed E-state index contributed by atoms with van der Waals surface area (Å²) >= 11 is 4.07. The van der Waals surface area contributed by atoms with Gasteiger partial charge in [-0.1, -0.05) is 54.6 Å². The highest BCUT2D eigenvalue weighted by Gasteiger charge is 2.40. The summed E-state index contributed by atoms with van der Waals surface area (Å²) in [5.41, 5.74) is 0.781. The molecule has 0 unspecified atom stereocenters. The second kappa shape index (κ2) is 7.38. The van der Waals surface area contributed by atoms with E-state index in [0.717, 1.165) is 18.1 Å². The fraction of sp³-hybridized carbons (Fsp3) is 0.100. The molecule has 0 aliphatic rings. The quantitative estimate of drug-likeness (QED) is 0.517. The van der Waals surface area contributed by atoms with E-state index in [0.29, 0.717) is 0 Å². The molecule has 0 aliphatic heterocycles. The van der Waals surface area contributed by atoms with Gasteiger partial charge in [0.1, 0.15) is 22.4 Å². The Morgan fingerprint density at radius 3 is 1.70 bits per heavy atom. The molecule has 0 nitrogen and oxygen atoms in total. The van der Waals surface area contributed by atoms with Gasteiger partial charge in [-0.05, 0) is 35.9 Å². The van der Waals surface area contributed by atoms with Crippen molar-refractivity contribution >= 4 is 32.1 Å². The van der Waals surface area contributed by atoms with Crippen LogP contribution in [0.5, 0.6) is 0 Å². The summed E-state index contributed by atoms with van der Waals surface area (Å²) in [5, 5.41) is 2.59. The van der Waals surface area contributed by atoms with Gasteiger partial charge in [-0.25, -0.2) is 4.39 Å². The molecule has 0 atom stereocenters. The minimum atomic E-state index is -1.71. The maximum Gasteiger partial charge on any atom is 0.151 e. The van der Waals surface area contributed by atoms with Crippen molar-refractivity contribution in [2.45, 2.75) is 6.42 Å². The Labute approximate surface area is 145 Å². The first-order valence-electron chi connectivity index (χ1n) is 7.62. The monoisotopic (exact) mass is 387 g/mol. The van der Waals surface area contributed by atoms with Gasteiger partial charge in [0.25, 0.3) is 0 Å². The van der Waals surface area contributed by atoms with Crippen LogP contribution in [0.1, 0.15) is 5.56 Å². The van der Waals surface area contributed by atoms with Crippen molar-refractivity contribution in [3.05, 3.63) is 96.3 Å². The first kappa shape index (κ1) is 16.4. The number of hydrogen-bond acceptors (Lipinski definition) is 0. The number of aryl methyl sites for hydroxylation is 1. The van der Waals surface area contributed by atoms with E-state index in [2.05, 4.69) is 64.0 Å². The van der Waals surface area contributed by atoms with E-state index in [1.165, 1.54) is 16.7 Å². The van der Waals surface area contributed by atoms with E-state index < -0.39 is 5.96 Å². The van der Waals surface area contributed by atoms with Gasteiger partial charge >= 0.3 is 0 Å². The summed E-state index contributed by atoms with van der Waals surface area (Å²) in [6.07, 6.45) is 1.61. The molecule has 0 aromatic heterocycles. The second-order valence-corrected chi connectivity index (χ2v) is 12.0. The SMILES string of the molecule is Fc1ccccc1CC[P+](Br)(c1ccccc1)c1ccccc1. The van der Waals surface area contributed by atoms with E-state index in [1.807, 2.05) is 24.3 Å². The molecule has 0 fully saturated rings. The molecule has 3 aromatic rings. The molecular formula is C20H18BrFP+. The van der Waals surface area contributed by atoms with Crippen LogP contribution in [0.4, 0.5) is 4.39 Å². The molecule has 0 radical (unpaired) electrons. The zero-order valence-electron chi connectivity index (χ0n) is 12.7. The summed E-state index contributed by atoms with van der Waals surface area (Å²) < 4.78 is 14.0. The molecule has 0 saturated carbocycles. The van der Waals surface area contributed by atoms with E-state index in [-0.39, 0.29) is 5.82 Å². The molecule has 0 amide bonds. The van der Waals surface area contributed by atoms with Crippen LogP contribution in [-0.4, -0.2) is 6.16 Å². The normalized spacial score (nSPS) is 11.4. The van der Waals surface area contributed by atoms with E-state index >= 15 is 0 Å². The predicted octanol–water partition coefficient (Wildman–Crippen LogP) is 5.35. The molecule has 3 rings (SSSR count). The molecule has 3 heteroatoms. The number of benzene rings is 3. The Hall–Kier alpha value is -1.50. The molecule has 0 spiro atoms. The molecule has 0 heterocycles. The fourth-order valence-electron chi connectivity index (χ4n) is 2.71. The largest absolute Gasteiger partial charge is 0.207 e. The topological polar surface area (TPSA) is 0 Å². The maximum absolute atomic E-state index is 14.0.